The van der Waals surface area contributed by atoms with Crippen LogP contribution in [0.3, 0.4) is 0 Å². The molecule has 0 fully saturated rings. The first-order valence-corrected chi connectivity index (χ1v) is 10.6. The molecule has 1 unspecified atom stereocenters. The van der Waals surface area contributed by atoms with E-state index in [4.69, 9.17) is 14.2 Å². The Balaban J connectivity index is 1.27. The van der Waals surface area contributed by atoms with Crippen molar-refractivity contribution < 1.29 is 23.8 Å². The maximum Gasteiger partial charge on any atom is 0.257 e. The first kappa shape index (κ1) is 19.4. The number of ether oxygens (including phenoxy) is 3. The summed E-state index contributed by atoms with van der Waals surface area (Å²) in [6.07, 6.45) is 1.45. The molecule has 8 nitrogen and oxygen atoms in total. The molecule has 2 aliphatic rings. The van der Waals surface area contributed by atoms with Crippen molar-refractivity contribution in [3.05, 3.63) is 58.6 Å². The number of nitrogens with one attached hydrogen (secondary N) is 2. The number of aryl methyl sites for hydroxylation is 1. The SMILES string of the molecule is COc1ccc(C(=O)Nc2nc3c(s2)CCC3C(=O)Nc2ccc3c(c2)OCO3)cc1. The van der Waals surface area contributed by atoms with E-state index in [9.17, 15) is 9.59 Å². The summed E-state index contributed by atoms with van der Waals surface area (Å²) in [7, 11) is 1.57. The fourth-order valence-electron chi connectivity index (χ4n) is 3.65. The van der Waals surface area contributed by atoms with Gasteiger partial charge in [0.15, 0.2) is 16.6 Å². The molecule has 0 radical (unpaired) electrons. The van der Waals surface area contributed by atoms with Gasteiger partial charge in [0.2, 0.25) is 12.7 Å². The normalized spacial score (nSPS) is 16.0. The highest BCUT2D eigenvalue weighted by molar-refractivity contribution is 7.16. The summed E-state index contributed by atoms with van der Waals surface area (Å²) in [6, 6.07) is 12.1. The maximum absolute atomic E-state index is 12.9. The lowest BCUT2D eigenvalue weighted by molar-refractivity contribution is -0.117. The second-order valence-corrected chi connectivity index (χ2v) is 8.24. The monoisotopic (exact) mass is 437 g/mol. The van der Waals surface area contributed by atoms with E-state index in [0.717, 1.165) is 17.0 Å². The minimum absolute atomic E-state index is 0.129. The number of benzene rings is 2. The molecule has 2 amide bonds. The van der Waals surface area contributed by atoms with E-state index in [1.54, 1.807) is 49.6 Å². The summed E-state index contributed by atoms with van der Waals surface area (Å²) in [5, 5.41) is 6.25. The number of aromatic nitrogens is 1. The molecule has 31 heavy (non-hydrogen) atoms. The molecule has 0 saturated heterocycles. The lowest BCUT2D eigenvalue weighted by Crippen LogP contribution is -2.20. The number of carbonyl (C=O) groups is 2. The predicted octanol–water partition coefficient (Wildman–Crippen LogP) is 3.80. The smallest absolute Gasteiger partial charge is 0.257 e. The van der Waals surface area contributed by atoms with Crippen molar-refractivity contribution in [2.24, 2.45) is 0 Å². The zero-order valence-electron chi connectivity index (χ0n) is 16.6. The van der Waals surface area contributed by atoms with Gasteiger partial charge in [-0.15, -0.1) is 11.3 Å². The summed E-state index contributed by atoms with van der Waals surface area (Å²) >= 11 is 1.41. The Hall–Kier alpha value is -3.59. The highest BCUT2D eigenvalue weighted by atomic mass is 32.1. The molecule has 2 heterocycles. The van der Waals surface area contributed by atoms with Crippen molar-refractivity contribution in [2.45, 2.75) is 18.8 Å². The third kappa shape index (κ3) is 3.79. The van der Waals surface area contributed by atoms with Gasteiger partial charge in [-0.05, 0) is 49.2 Å². The van der Waals surface area contributed by atoms with Gasteiger partial charge in [-0.25, -0.2) is 4.98 Å². The number of thiazole rings is 1. The number of anilines is 2. The summed E-state index contributed by atoms with van der Waals surface area (Å²) in [5.74, 6) is 1.22. The number of methoxy groups -OCH3 is 1. The molecule has 1 aromatic heterocycles. The third-order valence-corrected chi connectivity index (χ3v) is 6.29. The van der Waals surface area contributed by atoms with Gasteiger partial charge in [0, 0.05) is 22.2 Å². The summed E-state index contributed by atoms with van der Waals surface area (Å²) < 4.78 is 15.8. The van der Waals surface area contributed by atoms with Gasteiger partial charge in [0.25, 0.3) is 5.91 Å². The Kier molecular flexibility index (Phi) is 4.95. The Morgan fingerprint density at radius 3 is 2.71 bits per heavy atom. The highest BCUT2D eigenvalue weighted by Gasteiger charge is 2.33. The second-order valence-electron chi connectivity index (χ2n) is 7.16. The summed E-state index contributed by atoms with van der Waals surface area (Å²) in [5.41, 5.74) is 1.88. The van der Waals surface area contributed by atoms with Gasteiger partial charge in [-0.2, -0.15) is 0 Å². The van der Waals surface area contributed by atoms with E-state index in [2.05, 4.69) is 15.6 Å². The predicted molar refractivity (Wildman–Crippen MR) is 115 cm³/mol. The summed E-state index contributed by atoms with van der Waals surface area (Å²) in [6.45, 7) is 0.183. The molecule has 2 N–H and O–H groups in total. The van der Waals surface area contributed by atoms with Crippen LogP contribution in [0.1, 0.15) is 33.3 Å². The van der Waals surface area contributed by atoms with Crippen LogP contribution in [0.25, 0.3) is 0 Å². The van der Waals surface area contributed by atoms with Crippen LogP contribution in [0.2, 0.25) is 0 Å². The molecular weight excluding hydrogens is 418 g/mol. The number of nitrogens with zero attached hydrogens (tertiary/aromatic N) is 1. The number of carbonyl (C=O) groups excluding carboxylic acids is 2. The molecule has 1 atom stereocenters. The number of hydrogen-bond donors (Lipinski definition) is 2. The van der Waals surface area contributed by atoms with E-state index in [0.29, 0.717) is 40.1 Å². The van der Waals surface area contributed by atoms with Crippen LogP contribution in [-0.4, -0.2) is 30.7 Å². The molecule has 0 spiro atoms. The first-order chi connectivity index (χ1) is 15.1. The molecule has 1 aliphatic heterocycles. The number of fused-ring (bicyclic) bond motifs is 2. The zero-order chi connectivity index (χ0) is 21.4. The first-order valence-electron chi connectivity index (χ1n) is 9.76. The Morgan fingerprint density at radius 2 is 1.90 bits per heavy atom. The van der Waals surface area contributed by atoms with Gasteiger partial charge in [-0.1, -0.05) is 0 Å². The average molecular weight is 437 g/mol. The molecule has 3 aromatic rings. The van der Waals surface area contributed by atoms with Gasteiger partial charge >= 0.3 is 0 Å². The van der Waals surface area contributed by atoms with Gasteiger partial charge in [0.05, 0.1) is 18.7 Å². The highest BCUT2D eigenvalue weighted by Crippen LogP contribution is 2.40. The Bertz CT molecular complexity index is 1160. The minimum Gasteiger partial charge on any atom is -0.497 e. The third-order valence-electron chi connectivity index (χ3n) is 5.25. The van der Waals surface area contributed by atoms with Gasteiger partial charge in [0.1, 0.15) is 5.75 Å². The molecule has 9 heteroatoms. The topological polar surface area (TPSA) is 98.8 Å². The largest absolute Gasteiger partial charge is 0.497 e. The van der Waals surface area contributed by atoms with Crippen LogP contribution < -0.4 is 24.8 Å². The van der Waals surface area contributed by atoms with Gasteiger partial charge in [-0.3, -0.25) is 14.9 Å². The van der Waals surface area contributed by atoms with Crippen LogP contribution in [0.5, 0.6) is 17.2 Å². The van der Waals surface area contributed by atoms with E-state index < -0.39 is 0 Å². The molecule has 158 valence electrons. The number of rotatable bonds is 5. The molecule has 0 bridgehead atoms. The minimum atomic E-state index is -0.358. The van der Waals surface area contributed by atoms with Crippen molar-refractivity contribution >= 4 is 34.0 Å². The molecular formula is C22H19N3O5S. The van der Waals surface area contributed by atoms with E-state index >= 15 is 0 Å². The average Bonchev–Trinajstić information content (AvgIpc) is 3.49. The lowest BCUT2D eigenvalue weighted by atomic mass is 10.1. The van der Waals surface area contributed by atoms with Crippen LogP contribution >= 0.6 is 11.3 Å². The molecule has 2 aromatic carbocycles. The van der Waals surface area contributed by atoms with Crippen LogP contribution in [-0.2, 0) is 11.2 Å². The van der Waals surface area contributed by atoms with Crippen LogP contribution in [0.15, 0.2) is 42.5 Å². The van der Waals surface area contributed by atoms with E-state index in [-0.39, 0.29) is 24.5 Å². The van der Waals surface area contributed by atoms with E-state index in [1.165, 1.54) is 11.3 Å². The number of hydrogen-bond acceptors (Lipinski definition) is 7. The molecule has 0 saturated carbocycles. The summed E-state index contributed by atoms with van der Waals surface area (Å²) in [4.78, 5) is 30.9. The van der Waals surface area contributed by atoms with Crippen molar-refractivity contribution in [1.82, 2.24) is 4.98 Å². The Labute approximate surface area is 182 Å². The van der Waals surface area contributed by atoms with Crippen molar-refractivity contribution in [3.8, 4) is 17.2 Å². The maximum atomic E-state index is 12.9. The zero-order valence-corrected chi connectivity index (χ0v) is 17.5. The van der Waals surface area contributed by atoms with Crippen molar-refractivity contribution in [2.75, 3.05) is 24.5 Å². The van der Waals surface area contributed by atoms with Crippen LogP contribution in [0.4, 0.5) is 10.8 Å². The molecule has 5 rings (SSSR count). The fourth-order valence-corrected chi connectivity index (χ4v) is 4.68. The van der Waals surface area contributed by atoms with E-state index in [1.807, 2.05) is 0 Å². The standard InChI is InChI=1S/C22H19N3O5S/c1-28-14-5-2-12(3-6-14)20(26)25-22-24-19-15(7-9-18(19)31-22)21(27)23-13-4-8-16-17(10-13)30-11-29-16/h2-6,8,10,15H,7,9,11H2,1H3,(H,23,27)(H,24,25,26). The van der Waals surface area contributed by atoms with Crippen molar-refractivity contribution in [3.63, 3.8) is 0 Å². The fraction of sp³-hybridized carbons (Fsp3) is 0.227. The molecule has 1 aliphatic carbocycles. The lowest BCUT2D eigenvalue weighted by Gasteiger charge is -2.11. The number of amides is 2. The van der Waals surface area contributed by atoms with Crippen LogP contribution in [0, 0.1) is 0 Å². The van der Waals surface area contributed by atoms with Gasteiger partial charge < -0.3 is 19.5 Å². The quantitative estimate of drug-likeness (QED) is 0.630. The Morgan fingerprint density at radius 1 is 1.10 bits per heavy atom. The second kappa shape index (κ2) is 7.92. The van der Waals surface area contributed by atoms with Crippen molar-refractivity contribution in [1.29, 1.82) is 0 Å².